The highest BCUT2D eigenvalue weighted by atomic mass is 16.6. The third-order valence-electron chi connectivity index (χ3n) is 5.48. The zero-order valence-electron chi connectivity index (χ0n) is 16.9. The smallest absolute Gasteiger partial charge is 0.409 e. The molecular formula is C20H31N5O3. The molecule has 154 valence electrons. The van der Waals surface area contributed by atoms with E-state index in [0.717, 1.165) is 51.3 Å². The predicted octanol–water partition coefficient (Wildman–Crippen LogP) is 1.89. The summed E-state index contributed by atoms with van der Waals surface area (Å²) in [5, 5.41) is 3.49. The lowest BCUT2D eigenvalue weighted by molar-refractivity contribution is 0.0637. The van der Waals surface area contributed by atoms with Gasteiger partial charge >= 0.3 is 6.09 Å². The number of carbonyl (C=O) groups is 2. The summed E-state index contributed by atoms with van der Waals surface area (Å²) in [4.78, 5) is 34.8. The van der Waals surface area contributed by atoms with E-state index in [0.29, 0.717) is 25.4 Å². The number of hydrogen-bond donors (Lipinski definition) is 1. The van der Waals surface area contributed by atoms with Gasteiger partial charge in [-0.2, -0.15) is 0 Å². The van der Waals surface area contributed by atoms with Crippen LogP contribution in [0.3, 0.4) is 0 Å². The number of piperidine rings is 1. The van der Waals surface area contributed by atoms with Crippen LogP contribution in [0.4, 0.5) is 10.5 Å². The molecule has 3 heterocycles. The molecule has 0 radical (unpaired) electrons. The van der Waals surface area contributed by atoms with E-state index in [2.05, 4.69) is 22.1 Å². The van der Waals surface area contributed by atoms with Crippen molar-refractivity contribution < 1.29 is 14.3 Å². The first kappa shape index (κ1) is 20.4. The van der Waals surface area contributed by atoms with Crippen molar-refractivity contribution >= 4 is 17.7 Å². The first-order valence-electron chi connectivity index (χ1n) is 10.3. The number of piperazine rings is 1. The van der Waals surface area contributed by atoms with Crippen LogP contribution in [-0.2, 0) is 4.74 Å². The van der Waals surface area contributed by atoms with Crippen LogP contribution in [0.2, 0.25) is 0 Å². The van der Waals surface area contributed by atoms with Crippen LogP contribution in [0.1, 0.15) is 37.2 Å². The fraction of sp³-hybridized carbons (Fsp3) is 0.650. The number of anilines is 1. The van der Waals surface area contributed by atoms with E-state index < -0.39 is 0 Å². The number of nitrogens with one attached hydrogen (secondary N) is 1. The van der Waals surface area contributed by atoms with Gasteiger partial charge in [-0.3, -0.25) is 9.78 Å². The van der Waals surface area contributed by atoms with Gasteiger partial charge in [0.25, 0.3) is 5.91 Å². The van der Waals surface area contributed by atoms with Gasteiger partial charge in [0.2, 0.25) is 0 Å². The molecule has 2 aliphatic rings. The lowest BCUT2D eigenvalue weighted by Crippen LogP contribution is -2.48. The standard InChI is InChI=1S/C20H31N5O3/c1-3-23-11-13-24(14-12-23)19(26)18-15-17(5-8-21-18)22-16-6-9-25(10-7-16)20(27)28-4-2/h5,8,15-16H,3-4,6-7,9-14H2,1-2H3,(H,21,22). The summed E-state index contributed by atoms with van der Waals surface area (Å²) in [5.74, 6) is -0.00321. The first-order valence-corrected chi connectivity index (χ1v) is 10.3. The Kier molecular flexibility index (Phi) is 7.08. The topological polar surface area (TPSA) is 78.0 Å². The summed E-state index contributed by atoms with van der Waals surface area (Å²) < 4.78 is 5.06. The highest BCUT2D eigenvalue weighted by Gasteiger charge is 2.25. The quantitative estimate of drug-likeness (QED) is 0.829. The summed E-state index contributed by atoms with van der Waals surface area (Å²) in [7, 11) is 0. The van der Waals surface area contributed by atoms with Crippen molar-refractivity contribution in [1.82, 2.24) is 19.7 Å². The molecule has 8 nitrogen and oxygen atoms in total. The predicted molar refractivity (Wildman–Crippen MR) is 107 cm³/mol. The molecule has 2 fully saturated rings. The lowest BCUT2D eigenvalue weighted by atomic mass is 10.1. The van der Waals surface area contributed by atoms with Crippen LogP contribution < -0.4 is 5.32 Å². The number of aromatic nitrogens is 1. The van der Waals surface area contributed by atoms with Crippen molar-refractivity contribution in [3.05, 3.63) is 24.0 Å². The van der Waals surface area contributed by atoms with E-state index in [4.69, 9.17) is 4.74 Å². The monoisotopic (exact) mass is 389 g/mol. The van der Waals surface area contributed by atoms with E-state index >= 15 is 0 Å². The molecule has 0 atom stereocenters. The SMILES string of the molecule is CCOC(=O)N1CCC(Nc2ccnc(C(=O)N3CCN(CC)CC3)c2)CC1. The maximum atomic E-state index is 12.8. The molecule has 0 aliphatic carbocycles. The van der Waals surface area contributed by atoms with Crippen LogP contribution >= 0.6 is 0 Å². The largest absolute Gasteiger partial charge is 0.450 e. The van der Waals surface area contributed by atoms with E-state index in [1.807, 2.05) is 24.0 Å². The Hall–Kier alpha value is -2.35. The molecule has 0 spiro atoms. The summed E-state index contributed by atoms with van der Waals surface area (Å²) in [6.07, 6.45) is 3.15. The molecule has 2 saturated heterocycles. The van der Waals surface area contributed by atoms with Crippen LogP contribution in [-0.4, -0.2) is 90.1 Å². The molecule has 0 unspecified atom stereocenters. The highest BCUT2D eigenvalue weighted by Crippen LogP contribution is 2.18. The van der Waals surface area contributed by atoms with Gasteiger partial charge in [-0.25, -0.2) is 4.79 Å². The Morgan fingerprint density at radius 3 is 2.46 bits per heavy atom. The van der Waals surface area contributed by atoms with Gasteiger partial charge in [0.1, 0.15) is 5.69 Å². The molecule has 1 aromatic rings. The van der Waals surface area contributed by atoms with Gasteiger partial charge in [0, 0.05) is 57.2 Å². The number of nitrogens with zero attached hydrogens (tertiary/aromatic N) is 4. The van der Waals surface area contributed by atoms with E-state index in [9.17, 15) is 9.59 Å². The van der Waals surface area contributed by atoms with Gasteiger partial charge in [0.15, 0.2) is 0 Å². The number of amides is 2. The minimum absolute atomic E-state index is 0.00321. The lowest BCUT2D eigenvalue weighted by Gasteiger charge is -2.34. The molecule has 28 heavy (non-hydrogen) atoms. The van der Waals surface area contributed by atoms with Crippen LogP contribution in [0.5, 0.6) is 0 Å². The normalized spacial score (nSPS) is 18.8. The average Bonchev–Trinajstić information content (AvgIpc) is 2.74. The number of likely N-dealkylation sites (tertiary alicyclic amines) is 1. The second kappa shape index (κ2) is 9.73. The molecule has 0 bridgehead atoms. The number of likely N-dealkylation sites (N-methyl/N-ethyl adjacent to an activating group) is 1. The number of ether oxygens (including phenoxy) is 1. The van der Waals surface area contributed by atoms with Crippen molar-refractivity contribution in [2.24, 2.45) is 0 Å². The number of carbonyl (C=O) groups excluding carboxylic acids is 2. The van der Waals surface area contributed by atoms with E-state index in [-0.39, 0.29) is 18.0 Å². The van der Waals surface area contributed by atoms with Crippen molar-refractivity contribution in [3.63, 3.8) is 0 Å². The maximum Gasteiger partial charge on any atom is 0.409 e. The second-order valence-corrected chi connectivity index (χ2v) is 7.26. The van der Waals surface area contributed by atoms with E-state index in [1.54, 1.807) is 11.1 Å². The molecule has 8 heteroatoms. The second-order valence-electron chi connectivity index (χ2n) is 7.26. The molecule has 2 amide bonds. The summed E-state index contributed by atoms with van der Waals surface area (Å²) >= 11 is 0. The van der Waals surface area contributed by atoms with Gasteiger partial charge in [-0.1, -0.05) is 6.92 Å². The molecule has 0 aromatic carbocycles. The summed E-state index contributed by atoms with van der Waals surface area (Å²) in [6, 6.07) is 4.00. The Labute approximate surface area is 166 Å². The molecule has 1 N–H and O–H groups in total. The van der Waals surface area contributed by atoms with Crippen molar-refractivity contribution in [2.75, 3.05) is 57.7 Å². The Balaban J connectivity index is 1.53. The van der Waals surface area contributed by atoms with Crippen molar-refractivity contribution in [3.8, 4) is 0 Å². The minimum Gasteiger partial charge on any atom is -0.450 e. The van der Waals surface area contributed by atoms with Crippen LogP contribution in [0.15, 0.2) is 18.3 Å². The third kappa shape index (κ3) is 5.13. The molecule has 0 saturated carbocycles. The highest BCUT2D eigenvalue weighted by molar-refractivity contribution is 5.93. The van der Waals surface area contributed by atoms with Crippen molar-refractivity contribution in [1.29, 1.82) is 0 Å². The number of hydrogen-bond acceptors (Lipinski definition) is 6. The summed E-state index contributed by atoms with van der Waals surface area (Å²) in [6.45, 7) is 10.1. The average molecular weight is 390 g/mol. The molecular weight excluding hydrogens is 358 g/mol. The number of pyridine rings is 1. The number of rotatable bonds is 5. The zero-order chi connectivity index (χ0) is 19.9. The Morgan fingerprint density at radius 1 is 1.11 bits per heavy atom. The van der Waals surface area contributed by atoms with Crippen molar-refractivity contribution in [2.45, 2.75) is 32.7 Å². The Bertz CT molecular complexity index is 668. The zero-order valence-corrected chi connectivity index (χ0v) is 16.9. The van der Waals surface area contributed by atoms with Gasteiger partial charge in [-0.05, 0) is 38.4 Å². The minimum atomic E-state index is -0.235. The van der Waals surface area contributed by atoms with Crippen LogP contribution in [0, 0.1) is 0 Å². The molecule has 1 aromatic heterocycles. The fourth-order valence-electron chi connectivity index (χ4n) is 3.72. The van der Waals surface area contributed by atoms with E-state index in [1.165, 1.54) is 0 Å². The first-order chi connectivity index (χ1) is 13.6. The maximum absolute atomic E-state index is 12.8. The van der Waals surface area contributed by atoms with Crippen LogP contribution in [0.25, 0.3) is 0 Å². The Morgan fingerprint density at radius 2 is 1.82 bits per heavy atom. The molecule has 2 aliphatic heterocycles. The van der Waals surface area contributed by atoms with Gasteiger partial charge in [-0.15, -0.1) is 0 Å². The summed E-state index contributed by atoms with van der Waals surface area (Å²) in [5.41, 5.74) is 1.39. The fourth-order valence-corrected chi connectivity index (χ4v) is 3.72. The third-order valence-corrected chi connectivity index (χ3v) is 5.48. The molecule has 3 rings (SSSR count). The van der Waals surface area contributed by atoms with Gasteiger partial charge < -0.3 is 24.8 Å². The van der Waals surface area contributed by atoms with Gasteiger partial charge in [0.05, 0.1) is 6.61 Å².